The number of rotatable bonds is 4. The molecule has 0 radical (unpaired) electrons. The first-order chi connectivity index (χ1) is 16.6. The first kappa shape index (κ1) is 20.3. The Morgan fingerprint density at radius 3 is 2.56 bits per heavy atom. The van der Waals surface area contributed by atoms with Gasteiger partial charge in [0.25, 0.3) is 0 Å². The fourth-order valence-electron chi connectivity index (χ4n) is 7.11. The van der Waals surface area contributed by atoms with Crippen molar-refractivity contribution in [1.29, 1.82) is 0 Å². The summed E-state index contributed by atoms with van der Waals surface area (Å²) in [6, 6.07) is 15.3. The smallest absolute Gasteiger partial charge is 0.306 e. The van der Waals surface area contributed by atoms with Crippen molar-refractivity contribution in [2.45, 2.75) is 50.4 Å². The van der Waals surface area contributed by atoms with E-state index < -0.39 is 5.97 Å². The second kappa shape index (κ2) is 7.44. The molecule has 0 bridgehead atoms. The van der Waals surface area contributed by atoms with Crippen LogP contribution >= 0.6 is 0 Å². The van der Waals surface area contributed by atoms with Crippen LogP contribution in [0, 0.1) is 11.3 Å². The number of aromatic nitrogens is 3. The van der Waals surface area contributed by atoms with Crippen molar-refractivity contribution in [3.05, 3.63) is 59.9 Å². The molecule has 174 valence electrons. The van der Waals surface area contributed by atoms with Gasteiger partial charge in [0.05, 0.1) is 23.1 Å². The molecule has 2 aromatic carbocycles. The molecule has 2 aliphatic carbocycles. The van der Waals surface area contributed by atoms with E-state index in [1.54, 1.807) is 0 Å². The number of aliphatic carboxylic acids is 1. The SMILES string of the molecule is O=C(O)C1CC2(C1)CC(c1c(C3CCOCC3)n(-c3ccccc3)c3cc4cn[nH]c4cc13)C2. The van der Waals surface area contributed by atoms with E-state index in [2.05, 4.69) is 57.2 Å². The summed E-state index contributed by atoms with van der Waals surface area (Å²) in [5, 5.41) is 19.3. The Kier molecular flexibility index (Phi) is 4.44. The predicted octanol–water partition coefficient (Wildman–Crippen LogP) is 5.76. The summed E-state index contributed by atoms with van der Waals surface area (Å²) in [5.74, 6) is 0.156. The van der Waals surface area contributed by atoms with Crippen molar-refractivity contribution in [2.24, 2.45) is 11.3 Å². The average Bonchev–Trinajstić information content (AvgIpc) is 3.39. The minimum atomic E-state index is -0.626. The van der Waals surface area contributed by atoms with Crippen LogP contribution in [0.1, 0.15) is 61.6 Å². The molecule has 3 heterocycles. The third-order valence-electron chi connectivity index (χ3n) is 8.70. The number of aromatic amines is 1. The number of nitrogens with zero attached hydrogens (tertiary/aromatic N) is 2. The number of para-hydroxylation sites is 1. The summed E-state index contributed by atoms with van der Waals surface area (Å²) in [6.07, 6.45) is 7.86. The van der Waals surface area contributed by atoms with Crippen LogP contribution in [0.15, 0.2) is 48.7 Å². The Morgan fingerprint density at radius 1 is 1.06 bits per heavy atom. The van der Waals surface area contributed by atoms with Gasteiger partial charge in [0, 0.05) is 41.3 Å². The van der Waals surface area contributed by atoms with Crippen molar-refractivity contribution < 1.29 is 14.6 Å². The Hall–Kier alpha value is -3.12. The molecule has 34 heavy (non-hydrogen) atoms. The number of carboxylic acids is 1. The molecule has 1 aliphatic heterocycles. The number of hydrogen-bond donors (Lipinski definition) is 2. The van der Waals surface area contributed by atoms with Crippen molar-refractivity contribution >= 4 is 27.8 Å². The van der Waals surface area contributed by atoms with E-state index in [4.69, 9.17) is 4.74 Å². The molecule has 0 amide bonds. The number of benzene rings is 2. The van der Waals surface area contributed by atoms with Gasteiger partial charge in [-0.25, -0.2) is 0 Å². The van der Waals surface area contributed by atoms with E-state index in [0.29, 0.717) is 11.8 Å². The third-order valence-corrected chi connectivity index (χ3v) is 8.70. The quantitative estimate of drug-likeness (QED) is 0.410. The molecular weight excluding hydrogens is 426 g/mol. The van der Waals surface area contributed by atoms with Gasteiger partial charge in [-0.1, -0.05) is 18.2 Å². The number of carbonyl (C=O) groups is 1. The monoisotopic (exact) mass is 455 g/mol. The number of ether oxygens (including phenoxy) is 1. The topological polar surface area (TPSA) is 80.1 Å². The molecule has 0 atom stereocenters. The second-order valence-corrected chi connectivity index (χ2v) is 10.7. The zero-order valence-electron chi connectivity index (χ0n) is 19.2. The first-order valence-electron chi connectivity index (χ1n) is 12.5. The molecule has 7 rings (SSSR count). The summed E-state index contributed by atoms with van der Waals surface area (Å²) in [7, 11) is 0. The molecule has 3 fully saturated rings. The van der Waals surface area contributed by atoms with Crippen LogP contribution in [0.4, 0.5) is 0 Å². The molecule has 1 spiro atoms. The molecular formula is C28H29N3O3. The largest absolute Gasteiger partial charge is 0.481 e. The van der Waals surface area contributed by atoms with Crippen molar-refractivity contribution in [1.82, 2.24) is 14.8 Å². The lowest BCUT2D eigenvalue weighted by Crippen LogP contribution is -2.49. The number of carboxylic acid groups (broad SMARTS) is 1. The van der Waals surface area contributed by atoms with Crippen LogP contribution in [-0.4, -0.2) is 39.1 Å². The van der Waals surface area contributed by atoms with Crippen molar-refractivity contribution in [2.75, 3.05) is 13.2 Å². The summed E-state index contributed by atoms with van der Waals surface area (Å²) >= 11 is 0. The third kappa shape index (κ3) is 2.97. The number of nitrogens with one attached hydrogen (secondary N) is 1. The Bertz CT molecular complexity index is 1380. The zero-order chi connectivity index (χ0) is 22.9. The fourth-order valence-corrected chi connectivity index (χ4v) is 7.11. The van der Waals surface area contributed by atoms with E-state index in [1.165, 1.54) is 27.8 Å². The lowest BCUT2D eigenvalue weighted by Gasteiger charge is -2.57. The van der Waals surface area contributed by atoms with E-state index >= 15 is 0 Å². The Labute approximate surface area is 197 Å². The number of H-pyrrole nitrogens is 1. The van der Waals surface area contributed by atoms with E-state index in [9.17, 15) is 9.90 Å². The predicted molar refractivity (Wildman–Crippen MR) is 130 cm³/mol. The number of fused-ring (bicyclic) bond motifs is 2. The Balaban J connectivity index is 1.41. The van der Waals surface area contributed by atoms with Gasteiger partial charge in [-0.15, -0.1) is 0 Å². The van der Waals surface area contributed by atoms with E-state index in [1.807, 2.05) is 6.20 Å². The highest BCUT2D eigenvalue weighted by Gasteiger charge is 2.56. The molecule has 2 aromatic heterocycles. The molecule has 6 heteroatoms. The molecule has 1 saturated heterocycles. The highest BCUT2D eigenvalue weighted by atomic mass is 16.5. The van der Waals surface area contributed by atoms with E-state index in [-0.39, 0.29) is 11.3 Å². The first-order valence-corrected chi connectivity index (χ1v) is 12.5. The minimum Gasteiger partial charge on any atom is -0.481 e. The molecule has 2 N–H and O–H groups in total. The lowest BCUT2D eigenvalue weighted by atomic mass is 9.47. The van der Waals surface area contributed by atoms with Gasteiger partial charge in [0.15, 0.2) is 0 Å². The average molecular weight is 456 g/mol. The zero-order valence-corrected chi connectivity index (χ0v) is 19.2. The summed E-state index contributed by atoms with van der Waals surface area (Å²) in [6.45, 7) is 1.61. The molecule has 2 saturated carbocycles. The summed E-state index contributed by atoms with van der Waals surface area (Å²) in [5.41, 5.74) is 6.67. The van der Waals surface area contributed by atoms with E-state index in [0.717, 1.165) is 62.6 Å². The maximum Gasteiger partial charge on any atom is 0.306 e. The van der Waals surface area contributed by atoms with Gasteiger partial charge in [0.2, 0.25) is 0 Å². The van der Waals surface area contributed by atoms with Crippen molar-refractivity contribution in [3.8, 4) is 5.69 Å². The van der Waals surface area contributed by atoms with Gasteiger partial charge in [0.1, 0.15) is 0 Å². The van der Waals surface area contributed by atoms with Gasteiger partial charge in [-0.2, -0.15) is 5.10 Å². The Morgan fingerprint density at radius 2 is 1.82 bits per heavy atom. The standard InChI is InChI=1S/C28H29N3O3/c32-27(33)20-14-28(15-20)12-19(13-28)25-22-11-23-18(16-29-30-23)10-24(22)31(21-4-2-1-3-5-21)26(25)17-6-8-34-9-7-17/h1-5,10-11,16-17,19-20H,6-9,12-15H2,(H,29,30)(H,32,33). The van der Waals surface area contributed by atoms with Crippen LogP contribution in [0.25, 0.3) is 27.5 Å². The molecule has 4 aromatic rings. The normalized spacial score (nSPS) is 27.2. The van der Waals surface area contributed by atoms with Gasteiger partial charge >= 0.3 is 5.97 Å². The number of hydrogen-bond acceptors (Lipinski definition) is 3. The van der Waals surface area contributed by atoms with Crippen LogP contribution in [0.3, 0.4) is 0 Å². The highest BCUT2D eigenvalue weighted by Crippen LogP contribution is 2.65. The second-order valence-electron chi connectivity index (χ2n) is 10.7. The molecule has 3 aliphatic rings. The highest BCUT2D eigenvalue weighted by molar-refractivity contribution is 5.99. The van der Waals surface area contributed by atoms with Crippen LogP contribution < -0.4 is 0 Å². The molecule has 6 nitrogen and oxygen atoms in total. The maximum atomic E-state index is 11.4. The van der Waals surface area contributed by atoms with Gasteiger partial charge in [-0.3, -0.25) is 9.89 Å². The van der Waals surface area contributed by atoms with Gasteiger partial charge < -0.3 is 14.4 Å². The van der Waals surface area contributed by atoms with Crippen LogP contribution in [-0.2, 0) is 9.53 Å². The molecule has 0 unspecified atom stereocenters. The van der Waals surface area contributed by atoms with Crippen LogP contribution in [0.2, 0.25) is 0 Å². The lowest BCUT2D eigenvalue weighted by molar-refractivity contribution is -0.155. The van der Waals surface area contributed by atoms with Crippen molar-refractivity contribution in [3.63, 3.8) is 0 Å². The minimum absolute atomic E-state index is 0.147. The fraction of sp³-hybridized carbons (Fsp3) is 0.429. The summed E-state index contributed by atoms with van der Waals surface area (Å²) < 4.78 is 8.25. The van der Waals surface area contributed by atoms with Crippen LogP contribution in [0.5, 0.6) is 0 Å². The maximum absolute atomic E-state index is 11.4. The van der Waals surface area contributed by atoms with Gasteiger partial charge in [-0.05, 0) is 79.7 Å². The summed E-state index contributed by atoms with van der Waals surface area (Å²) in [4.78, 5) is 11.4.